The summed E-state index contributed by atoms with van der Waals surface area (Å²) in [5, 5.41) is 25.8. The van der Waals surface area contributed by atoms with Crippen molar-refractivity contribution in [3.63, 3.8) is 0 Å². The summed E-state index contributed by atoms with van der Waals surface area (Å²) in [6.45, 7) is 3.89. The highest BCUT2D eigenvalue weighted by Crippen LogP contribution is 2.19. The van der Waals surface area contributed by atoms with E-state index in [1.807, 2.05) is 6.07 Å². The minimum absolute atomic E-state index is 0.0721. The SMILES string of the molecule is CC(C)(O)C(F)CNC(=O)c1cnc(-n2ncc3cc(C#N)cnc32)cc1N.CCCF. The average Bonchev–Trinajstić information content (AvgIpc) is 3.19. The monoisotopic (exact) mass is 445 g/mol. The number of fused-ring (bicyclic) bond motifs is 1. The van der Waals surface area contributed by atoms with Gasteiger partial charge < -0.3 is 16.2 Å². The van der Waals surface area contributed by atoms with Crippen LogP contribution in [0.2, 0.25) is 0 Å². The van der Waals surface area contributed by atoms with Crippen molar-refractivity contribution >= 4 is 22.6 Å². The fraction of sp³-hybridized carbons (Fsp3) is 0.381. The number of anilines is 1. The van der Waals surface area contributed by atoms with E-state index >= 15 is 0 Å². The summed E-state index contributed by atoms with van der Waals surface area (Å²) >= 11 is 0. The number of hydrogen-bond acceptors (Lipinski definition) is 7. The van der Waals surface area contributed by atoms with Gasteiger partial charge in [-0.1, -0.05) is 6.92 Å². The normalized spacial score (nSPS) is 11.9. The molecule has 0 aliphatic heterocycles. The van der Waals surface area contributed by atoms with Gasteiger partial charge >= 0.3 is 0 Å². The van der Waals surface area contributed by atoms with Gasteiger partial charge in [-0.15, -0.1) is 0 Å². The van der Waals surface area contributed by atoms with Crippen molar-refractivity contribution in [1.82, 2.24) is 25.1 Å². The fourth-order valence-electron chi connectivity index (χ4n) is 2.44. The molecule has 0 radical (unpaired) electrons. The standard InChI is InChI=1S/C18H18FN7O2.C3H7F/c1-18(2,28)14(19)9-24-17(27)12-8-22-15(4-13(12)21)26-16-11(7-25-26)3-10(5-20)6-23-16;1-2-3-4/h3-4,6-8,14,28H,9H2,1-2H3,(H2,21,22)(H,24,27);2-3H2,1H3. The van der Waals surface area contributed by atoms with E-state index in [9.17, 15) is 18.7 Å². The molecular weight excluding hydrogens is 420 g/mol. The molecule has 11 heteroatoms. The van der Waals surface area contributed by atoms with Gasteiger partial charge in [0.05, 0.1) is 36.1 Å². The van der Waals surface area contributed by atoms with Gasteiger partial charge in [0.25, 0.3) is 5.91 Å². The molecule has 1 atom stereocenters. The van der Waals surface area contributed by atoms with Crippen LogP contribution in [0.5, 0.6) is 0 Å². The van der Waals surface area contributed by atoms with Gasteiger partial charge in [0.15, 0.2) is 11.5 Å². The van der Waals surface area contributed by atoms with Gasteiger partial charge in [-0.3, -0.25) is 9.18 Å². The Kier molecular flexibility index (Phi) is 8.15. The van der Waals surface area contributed by atoms with Crippen molar-refractivity contribution < 1.29 is 18.7 Å². The minimum Gasteiger partial charge on any atom is -0.398 e. The smallest absolute Gasteiger partial charge is 0.255 e. The first-order chi connectivity index (χ1) is 15.1. The Bertz CT molecular complexity index is 1120. The number of pyridine rings is 2. The lowest BCUT2D eigenvalue weighted by molar-refractivity contribution is -0.00177. The second-order valence-corrected chi connectivity index (χ2v) is 7.45. The molecule has 0 saturated carbocycles. The minimum atomic E-state index is -1.63. The predicted molar refractivity (Wildman–Crippen MR) is 116 cm³/mol. The molecule has 3 aromatic rings. The van der Waals surface area contributed by atoms with E-state index < -0.39 is 17.7 Å². The topological polar surface area (TPSA) is 143 Å². The Balaban J connectivity index is 0.000000837. The van der Waals surface area contributed by atoms with E-state index in [1.165, 1.54) is 37.0 Å². The van der Waals surface area contributed by atoms with Crippen LogP contribution in [0.15, 0.2) is 30.7 Å². The maximum atomic E-state index is 13.8. The highest BCUT2D eigenvalue weighted by Gasteiger charge is 2.27. The molecule has 170 valence electrons. The van der Waals surface area contributed by atoms with Crippen LogP contribution < -0.4 is 11.1 Å². The molecule has 0 aliphatic carbocycles. The largest absolute Gasteiger partial charge is 0.398 e. The number of halogens is 2. The molecule has 0 aromatic carbocycles. The van der Waals surface area contributed by atoms with Crippen LogP contribution in [0.4, 0.5) is 14.5 Å². The van der Waals surface area contributed by atoms with Crippen LogP contribution in [0.25, 0.3) is 16.9 Å². The molecule has 3 heterocycles. The zero-order valence-corrected chi connectivity index (χ0v) is 18.0. The highest BCUT2D eigenvalue weighted by molar-refractivity contribution is 5.99. The van der Waals surface area contributed by atoms with Crippen LogP contribution in [-0.4, -0.2) is 55.8 Å². The Morgan fingerprint density at radius 2 is 2.03 bits per heavy atom. The van der Waals surface area contributed by atoms with Crippen LogP contribution in [-0.2, 0) is 0 Å². The molecule has 4 N–H and O–H groups in total. The fourth-order valence-corrected chi connectivity index (χ4v) is 2.44. The van der Waals surface area contributed by atoms with Gasteiger partial charge in [0.1, 0.15) is 12.2 Å². The Morgan fingerprint density at radius 1 is 1.34 bits per heavy atom. The summed E-state index contributed by atoms with van der Waals surface area (Å²) in [6, 6.07) is 5.10. The molecule has 0 bridgehead atoms. The second kappa shape index (κ2) is 10.6. The molecule has 9 nitrogen and oxygen atoms in total. The number of aliphatic hydroxyl groups is 1. The van der Waals surface area contributed by atoms with Gasteiger partial charge in [-0.25, -0.2) is 14.4 Å². The van der Waals surface area contributed by atoms with Gasteiger partial charge in [0.2, 0.25) is 0 Å². The molecule has 1 amide bonds. The van der Waals surface area contributed by atoms with Crippen molar-refractivity contribution in [2.75, 3.05) is 19.0 Å². The molecule has 3 rings (SSSR count). The van der Waals surface area contributed by atoms with Gasteiger partial charge in [-0.2, -0.15) is 15.0 Å². The predicted octanol–water partition coefficient (Wildman–Crippen LogP) is 2.47. The third kappa shape index (κ3) is 5.95. The number of carbonyl (C=O) groups excluding carboxylic acids is 1. The van der Waals surface area contributed by atoms with Crippen molar-refractivity contribution in [2.24, 2.45) is 0 Å². The van der Waals surface area contributed by atoms with E-state index in [0.29, 0.717) is 28.8 Å². The third-order valence-corrected chi connectivity index (χ3v) is 4.32. The lowest BCUT2D eigenvalue weighted by Gasteiger charge is -2.22. The zero-order chi connectivity index (χ0) is 23.9. The first kappa shape index (κ1) is 24.6. The summed E-state index contributed by atoms with van der Waals surface area (Å²) in [4.78, 5) is 20.6. The Hall–Kier alpha value is -3.65. The first-order valence-corrected chi connectivity index (χ1v) is 9.82. The summed E-state index contributed by atoms with van der Waals surface area (Å²) in [6.07, 6.45) is 3.24. The van der Waals surface area contributed by atoms with E-state index in [4.69, 9.17) is 11.0 Å². The number of nitriles is 1. The lowest BCUT2D eigenvalue weighted by Crippen LogP contribution is -2.42. The number of carbonyl (C=O) groups is 1. The molecule has 0 aliphatic rings. The number of hydrogen-bond donors (Lipinski definition) is 3. The van der Waals surface area contributed by atoms with Crippen LogP contribution in [0.3, 0.4) is 0 Å². The van der Waals surface area contributed by atoms with E-state index in [-0.39, 0.29) is 24.5 Å². The van der Waals surface area contributed by atoms with E-state index in [1.54, 1.807) is 19.2 Å². The maximum absolute atomic E-state index is 13.8. The zero-order valence-electron chi connectivity index (χ0n) is 18.0. The van der Waals surface area contributed by atoms with Gasteiger partial charge in [0, 0.05) is 29.5 Å². The van der Waals surface area contributed by atoms with Crippen LogP contribution in [0, 0.1) is 11.3 Å². The molecule has 3 aromatic heterocycles. The number of amides is 1. The molecule has 0 spiro atoms. The lowest BCUT2D eigenvalue weighted by atomic mass is 10.0. The molecule has 1 unspecified atom stereocenters. The van der Waals surface area contributed by atoms with Crippen LogP contribution >= 0.6 is 0 Å². The summed E-state index contributed by atoms with van der Waals surface area (Å²) < 4.78 is 25.9. The number of nitrogens with one attached hydrogen (secondary N) is 1. The van der Waals surface area contributed by atoms with E-state index in [2.05, 4.69) is 20.4 Å². The van der Waals surface area contributed by atoms with Crippen molar-refractivity contribution in [2.45, 2.75) is 39.0 Å². The van der Waals surface area contributed by atoms with E-state index in [0.717, 1.165) is 0 Å². The van der Waals surface area contributed by atoms with Gasteiger partial charge in [-0.05, 0) is 26.3 Å². The summed E-state index contributed by atoms with van der Waals surface area (Å²) in [5.74, 6) is -0.272. The second-order valence-electron chi connectivity index (χ2n) is 7.45. The average molecular weight is 445 g/mol. The molecular formula is C21H25F2N7O2. The molecule has 0 fully saturated rings. The summed E-state index contributed by atoms with van der Waals surface area (Å²) in [5.41, 5.74) is 5.47. The Morgan fingerprint density at radius 3 is 2.59 bits per heavy atom. The van der Waals surface area contributed by atoms with Crippen molar-refractivity contribution in [3.05, 3.63) is 41.9 Å². The number of aromatic nitrogens is 4. The highest BCUT2D eigenvalue weighted by atomic mass is 19.1. The first-order valence-electron chi connectivity index (χ1n) is 9.82. The molecule has 0 saturated heterocycles. The quantitative estimate of drug-likeness (QED) is 0.529. The Labute approximate surface area is 183 Å². The van der Waals surface area contributed by atoms with Crippen molar-refractivity contribution in [1.29, 1.82) is 5.26 Å². The number of alkyl halides is 2. The number of nitrogens with zero attached hydrogens (tertiary/aromatic N) is 5. The third-order valence-electron chi connectivity index (χ3n) is 4.32. The number of rotatable bonds is 6. The maximum Gasteiger partial charge on any atom is 0.255 e. The number of nitrogens with two attached hydrogens (primary N) is 1. The molecule has 32 heavy (non-hydrogen) atoms. The van der Waals surface area contributed by atoms with Crippen molar-refractivity contribution in [3.8, 4) is 11.9 Å². The number of nitrogen functional groups attached to an aromatic ring is 1. The van der Waals surface area contributed by atoms with Crippen LogP contribution in [0.1, 0.15) is 43.1 Å². The summed E-state index contributed by atoms with van der Waals surface area (Å²) in [7, 11) is 0.